The molecule has 0 amide bonds. The van der Waals surface area contributed by atoms with Crippen molar-refractivity contribution < 1.29 is 13.9 Å². The summed E-state index contributed by atoms with van der Waals surface area (Å²) in [6.45, 7) is 5.87. The number of thiazole rings is 1. The van der Waals surface area contributed by atoms with Gasteiger partial charge in [-0.25, -0.2) is 14.2 Å². The Kier molecular flexibility index (Phi) is 6.52. The van der Waals surface area contributed by atoms with Gasteiger partial charge in [-0.3, -0.25) is 9.36 Å². The van der Waals surface area contributed by atoms with E-state index in [4.69, 9.17) is 9.73 Å². The van der Waals surface area contributed by atoms with Crippen LogP contribution in [0.4, 0.5) is 4.39 Å². The van der Waals surface area contributed by atoms with Gasteiger partial charge in [-0.1, -0.05) is 48.6 Å². The van der Waals surface area contributed by atoms with Crippen LogP contribution in [0.3, 0.4) is 0 Å². The van der Waals surface area contributed by atoms with Crippen molar-refractivity contribution in [3.63, 3.8) is 0 Å². The maximum Gasteiger partial charge on any atom is 0.338 e. The number of fused-ring (bicyclic) bond motifs is 1. The number of benzene rings is 2. The third kappa shape index (κ3) is 4.27. The highest BCUT2D eigenvalue weighted by Gasteiger charge is 2.33. The van der Waals surface area contributed by atoms with Gasteiger partial charge in [0, 0.05) is 17.1 Å². The molecule has 0 saturated heterocycles. The highest BCUT2D eigenvalue weighted by molar-refractivity contribution is 7.07. The zero-order valence-corrected chi connectivity index (χ0v) is 21.8. The first-order valence-electron chi connectivity index (χ1n) is 12.0. The third-order valence-corrected chi connectivity index (χ3v) is 7.59. The minimum absolute atomic E-state index is 0.222. The van der Waals surface area contributed by atoms with Crippen molar-refractivity contribution in [3.05, 3.63) is 120 Å². The minimum Gasteiger partial charge on any atom is -0.466 e. The number of esters is 1. The number of aryl methyl sites for hydroxylation is 1. The molecule has 0 fully saturated rings. The normalized spacial score (nSPS) is 15.5. The molecule has 0 radical (unpaired) electrons. The van der Waals surface area contributed by atoms with Gasteiger partial charge in [0.05, 0.1) is 29.0 Å². The molecule has 8 heteroatoms. The van der Waals surface area contributed by atoms with Crippen LogP contribution < -0.4 is 14.9 Å². The molecule has 1 atom stereocenters. The SMILES string of the molecule is CCC1=C(C(=O)OC)[C@H](c2ccccc2)n2c(s/c(=C/c3cc(C)n(-c4ccc(F)cc4)c3C)c2=O)=N1. The van der Waals surface area contributed by atoms with E-state index in [-0.39, 0.29) is 11.4 Å². The number of nitrogens with zero attached hydrogens (tertiary/aromatic N) is 3. The van der Waals surface area contributed by atoms with Gasteiger partial charge >= 0.3 is 5.97 Å². The van der Waals surface area contributed by atoms with Crippen molar-refractivity contribution in [3.8, 4) is 5.69 Å². The Hall–Kier alpha value is -4.04. The Balaban J connectivity index is 1.71. The second-order valence-electron chi connectivity index (χ2n) is 8.84. The maximum absolute atomic E-state index is 13.8. The fraction of sp³-hybridized carbons (Fsp3) is 0.207. The first-order chi connectivity index (χ1) is 17.8. The van der Waals surface area contributed by atoms with Crippen LogP contribution in [0.5, 0.6) is 0 Å². The number of allylic oxidation sites excluding steroid dienone is 1. The molecule has 0 saturated carbocycles. The van der Waals surface area contributed by atoms with Crippen LogP contribution >= 0.6 is 11.3 Å². The van der Waals surface area contributed by atoms with E-state index in [0.29, 0.717) is 27.0 Å². The molecule has 0 bridgehead atoms. The number of hydrogen-bond donors (Lipinski definition) is 0. The minimum atomic E-state index is -0.631. The summed E-state index contributed by atoms with van der Waals surface area (Å²) in [7, 11) is 1.34. The number of halogens is 1. The number of hydrogen-bond acceptors (Lipinski definition) is 5. The average Bonchev–Trinajstić information content (AvgIpc) is 3.37. The van der Waals surface area contributed by atoms with Crippen LogP contribution in [0.15, 0.2) is 81.7 Å². The number of ether oxygens (including phenoxy) is 1. The van der Waals surface area contributed by atoms with Crippen LogP contribution in [-0.2, 0) is 9.53 Å². The molecule has 3 heterocycles. The Bertz CT molecular complexity index is 1710. The lowest BCUT2D eigenvalue weighted by Crippen LogP contribution is -2.40. The van der Waals surface area contributed by atoms with Gasteiger partial charge in [-0.15, -0.1) is 0 Å². The number of aromatic nitrogens is 2. The average molecular weight is 516 g/mol. The van der Waals surface area contributed by atoms with E-state index in [9.17, 15) is 14.0 Å². The van der Waals surface area contributed by atoms with Crippen molar-refractivity contribution in [1.82, 2.24) is 9.13 Å². The van der Waals surface area contributed by atoms with E-state index in [1.165, 1.54) is 30.6 Å². The summed E-state index contributed by atoms with van der Waals surface area (Å²) in [4.78, 5) is 32.0. The van der Waals surface area contributed by atoms with E-state index < -0.39 is 12.0 Å². The fourth-order valence-electron chi connectivity index (χ4n) is 4.88. The predicted molar refractivity (Wildman–Crippen MR) is 142 cm³/mol. The van der Waals surface area contributed by atoms with E-state index in [1.807, 2.05) is 67.8 Å². The molecule has 188 valence electrons. The second kappa shape index (κ2) is 9.78. The standard InChI is InChI=1S/C29H26FN3O3S/c1-5-23-25(28(35)36-4)26(19-9-7-6-8-10-19)33-27(34)24(37-29(33)31-23)16-20-15-17(2)32(18(20)3)22-13-11-21(30)12-14-22/h6-16,26H,5H2,1-4H3/b24-16+/t26-/m0/s1. The Morgan fingerprint density at radius 2 is 1.84 bits per heavy atom. The Labute approximate surface area is 217 Å². The first-order valence-corrected chi connectivity index (χ1v) is 12.8. The zero-order chi connectivity index (χ0) is 26.3. The summed E-state index contributed by atoms with van der Waals surface area (Å²) in [6.07, 6.45) is 2.39. The summed E-state index contributed by atoms with van der Waals surface area (Å²) in [5.41, 5.74) is 5.20. The first kappa shape index (κ1) is 24.6. The molecule has 0 aliphatic carbocycles. The van der Waals surface area contributed by atoms with Crippen LogP contribution in [0.2, 0.25) is 0 Å². The zero-order valence-electron chi connectivity index (χ0n) is 21.0. The van der Waals surface area contributed by atoms with Gasteiger partial charge in [-0.2, -0.15) is 0 Å². The summed E-state index contributed by atoms with van der Waals surface area (Å²) < 4.78 is 22.7. The molecule has 0 unspecified atom stereocenters. The highest BCUT2D eigenvalue weighted by atomic mass is 32.1. The maximum atomic E-state index is 13.8. The van der Waals surface area contributed by atoms with Gasteiger partial charge < -0.3 is 9.30 Å². The summed E-state index contributed by atoms with van der Waals surface area (Å²) in [5, 5.41) is 0. The monoisotopic (exact) mass is 515 g/mol. The predicted octanol–water partition coefficient (Wildman–Crippen LogP) is 4.34. The molecule has 1 aliphatic rings. The molecule has 0 N–H and O–H groups in total. The molecule has 1 aliphatic heterocycles. The number of carbonyl (C=O) groups excluding carboxylic acids is 1. The van der Waals surface area contributed by atoms with Crippen LogP contribution in [0.25, 0.3) is 11.8 Å². The second-order valence-corrected chi connectivity index (χ2v) is 9.85. The number of carbonyl (C=O) groups is 1. The summed E-state index contributed by atoms with van der Waals surface area (Å²) in [6, 6.07) is 17.2. The smallest absolute Gasteiger partial charge is 0.338 e. The number of methoxy groups -OCH3 is 1. The van der Waals surface area contributed by atoms with Crippen molar-refractivity contribution in [2.75, 3.05) is 7.11 Å². The topological polar surface area (TPSA) is 65.6 Å². The van der Waals surface area contributed by atoms with Gasteiger partial charge in [0.25, 0.3) is 5.56 Å². The van der Waals surface area contributed by atoms with Crippen molar-refractivity contribution in [2.45, 2.75) is 33.2 Å². The summed E-state index contributed by atoms with van der Waals surface area (Å²) in [5.74, 6) is -0.787. The summed E-state index contributed by atoms with van der Waals surface area (Å²) >= 11 is 1.30. The fourth-order valence-corrected chi connectivity index (χ4v) is 5.89. The van der Waals surface area contributed by atoms with Gasteiger partial charge in [0.1, 0.15) is 5.82 Å². The molecule has 6 nitrogen and oxygen atoms in total. The van der Waals surface area contributed by atoms with Crippen molar-refractivity contribution in [1.29, 1.82) is 0 Å². The van der Waals surface area contributed by atoms with Crippen molar-refractivity contribution >= 4 is 23.4 Å². The molecule has 4 aromatic rings. The van der Waals surface area contributed by atoms with E-state index in [1.54, 1.807) is 16.7 Å². The Morgan fingerprint density at radius 1 is 1.14 bits per heavy atom. The van der Waals surface area contributed by atoms with Gasteiger partial charge in [0.15, 0.2) is 4.80 Å². The van der Waals surface area contributed by atoms with Crippen molar-refractivity contribution in [2.24, 2.45) is 4.99 Å². The molecule has 37 heavy (non-hydrogen) atoms. The lowest BCUT2D eigenvalue weighted by atomic mass is 9.95. The van der Waals surface area contributed by atoms with Crippen LogP contribution in [-0.4, -0.2) is 22.2 Å². The quantitative estimate of drug-likeness (QED) is 0.372. The van der Waals surface area contributed by atoms with Crippen LogP contribution in [0.1, 0.15) is 41.9 Å². The molecule has 2 aromatic heterocycles. The lowest BCUT2D eigenvalue weighted by Gasteiger charge is -2.25. The van der Waals surface area contributed by atoms with E-state index >= 15 is 0 Å². The Morgan fingerprint density at radius 3 is 2.49 bits per heavy atom. The molecular weight excluding hydrogens is 489 g/mol. The van der Waals surface area contributed by atoms with Gasteiger partial charge in [0.2, 0.25) is 0 Å². The molecule has 5 rings (SSSR count). The van der Waals surface area contributed by atoms with E-state index in [0.717, 1.165) is 28.2 Å². The third-order valence-electron chi connectivity index (χ3n) is 6.61. The lowest BCUT2D eigenvalue weighted by molar-refractivity contribution is -0.136. The highest BCUT2D eigenvalue weighted by Crippen LogP contribution is 2.31. The van der Waals surface area contributed by atoms with E-state index in [2.05, 4.69) is 0 Å². The number of rotatable bonds is 5. The molecular formula is C29H26FN3O3S. The largest absolute Gasteiger partial charge is 0.466 e. The molecule has 0 spiro atoms. The van der Waals surface area contributed by atoms with Gasteiger partial charge in [-0.05, 0) is 67.8 Å². The molecule has 2 aromatic carbocycles. The van der Waals surface area contributed by atoms with Crippen LogP contribution in [0, 0.1) is 19.7 Å².